The van der Waals surface area contributed by atoms with Gasteiger partial charge >= 0.3 is 11.9 Å². The molecule has 7 nitrogen and oxygen atoms in total. The lowest BCUT2D eigenvalue weighted by atomic mass is 9.69. The fourth-order valence-electron chi connectivity index (χ4n) is 4.16. The Hall–Kier alpha value is -3.09. The number of aromatic hydroxyl groups is 1. The molecule has 0 saturated heterocycles. The van der Waals surface area contributed by atoms with Crippen molar-refractivity contribution < 1.29 is 29.0 Å². The summed E-state index contributed by atoms with van der Waals surface area (Å²) in [6.45, 7) is 5.51. The molecule has 0 amide bonds. The lowest BCUT2D eigenvalue weighted by Gasteiger charge is -2.38. The number of hydrogen-bond donors (Lipinski definition) is 2. The third-order valence-electron chi connectivity index (χ3n) is 5.46. The van der Waals surface area contributed by atoms with Gasteiger partial charge < -0.3 is 19.9 Å². The molecular formula is C22H25NO6. The van der Waals surface area contributed by atoms with Crippen molar-refractivity contribution in [3.8, 4) is 5.75 Å². The zero-order valence-corrected chi connectivity index (χ0v) is 16.9. The number of dihydropyridines is 1. The second kappa shape index (κ2) is 8.11. The van der Waals surface area contributed by atoms with Gasteiger partial charge in [0.15, 0.2) is 5.78 Å². The Bertz CT molecular complexity index is 912. The van der Waals surface area contributed by atoms with Gasteiger partial charge in [-0.1, -0.05) is 19.1 Å². The fraction of sp³-hybridized carbons (Fsp3) is 0.409. The van der Waals surface area contributed by atoms with Gasteiger partial charge in [0.1, 0.15) is 11.7 Å². The molecule has 0 aromatic heterocycles. The van der Waals surface area contributed by atoms with Crippen LogP contribution in [-0.4, -0.2) is 36.5 Å². The maximum Gasteiger partial charge on any atom is 0.336 e. The highest BCUT2D eigenvalue weighted by Crippen LogP contribution is 2.45. The molecule has 0 unspecified atom stereocenters. The number of benzene rings is 1. The van der Waals surface area contributed by atoms with E-state index in [1.807, 2.05) is 6.92 Å². The largest absolute Gasteiger partial charge is 0.508 e. The van der Waals surface area contributed by atoms with Crippen molar-refractivity contribution in [3.63, 3.8) is 0 Å². The number of carbonyl (C=O) groups is 3. The van der Waals surface area contributed by atoms with Crippen molar-refractivity contribution in [3.05, 3.63) is 52.4 Å². The number of ether oxygens (including phenoxy) is 2. The van der Waals surface area contributed by atoms with Crippen LogP contribution in [0.5, 0.6) is 5.75 Å². The molecular weight excluding hydrogens is 374 g/mol. The van der Waals surface area contributed by atoms with Crippen LogP contribution in [0, 0.1) is 11.8 Å². The van der Waals surface area contributed by atoms with Crippen LogP contribution in [-0.2, 0) is 23.9 Å². The van der Waals surface area contributed by atoms with E-state index in [1.165, 1.54) is 19.2 Å². The highest BCUT2D eigenvalue weighted by atomic mass is 16.5. The van der Waals surface area contributed by atoms with Gasteiger partial charge in [-0.15, -0.1) is 0 Å². The van der Waals surface area contributed by atoms with Gasteiger partial charge in [0.2, 0.25) is 0 Å². The SMILES string of the molecule is CCOC(=O)C1=C(C)NC2=C(C(=O)[C@@H](C(=O)OC)[C@@H](C)C2)[C@@H]1c1ccc(O)cc1. The summed E-state index contributed by atoms with van der Waals surface area (Å²) in [4.78, 5) is 38.5. The Morgan fingerprint density at radius 3 is 2.48 bits per heavy atom. The number of allylic oxidation sites excluding steroid dienone is 3. The molecule has 29 heavy (non-hydrogen) atoms. The number of phenolic OH excluding ortho intramolecular Hbond substituents is 1. The summed E-state index contributed by atoms with van der Waals surface area (Å²) in [5.41, 5.74) is 2.66. The smallest absolute Gasteiger partial charge is 0.336 e. The van der Waals surface area contributed by atoms with E-state index in [1.54, 1.807) is 26.0 Å². The van der Waals surface area contributed by atoms with Crippen molar-refractivity contribution in [2.24, 2.45) is 11.8 Å². The van der Waals surface area contributed by atoms with Crippen LogP contribution in [0.1, 0.15) is 38.7 Å². The average Bonchev–Trinajstić information content (AvgIpc) is 2.67. The summed E-state index contributed by atoms with van der Waals surface area (Å²) in [7, 11) is 1.26. The molecule has 0 bridgehead atoms. The average molecular weight is 399 g/mol. The molecule has 1 aliphatic heterocycles. The minimum Gasteiger partial charge on any atom is -0.508 e. The number of rotatable bonds is 4. The second-order valence-corrected chi connectivity index (χ2v) is 7.35. The van der Waals surface area contributed by atoms with E-state index >= 15 is 0 Å². The molecule has 1 heterocycles. The monoisotopic (exact) mass is 399 g/mol. The highest BCUT2D eigenvalue weighted by Gasteiger charge is 2.47. The molecule has 0 radical (unpaired) electrons. The van der Waals surface area contributed by atoms with E-state index in [9.17, 15) is 19.5 Å². The molecule has 3 rings (SSSR count). The Labute approximate surface area is 169 Å². The third-order valence-corrected chi connectivity index (χ3v) is 5.46. The van der Waals surface area contributed by atoms with E-state index in [-0.39, 0.29) is 24.1 Å². The molecule has 1 aliphatic carbocycles. The molecule has 0 spiro atoms. The molecule has 1 aromatic rings. The predicted octanol–water partition coefficient (Wildman–Crippen LogP) is 2.57. The summed E-state index contributed by atoms with van der Waals surface area (Å²) in [6, 6.07) is 6.34. The van der Waals surface area contributed by atoms with Crippen LogP contribution < -0.4 is 5.32 Å². The Kier molecular flexibility index (Phi) is 5.77. The van der Waals surface area contributed by atoms with Gasteiger partial charge in [-0.05, 0) is 43.9 Å². The number of phenols is 1. The van der Waals surface area contributed by atoms with Crippen molar-refractivity contribution >= 4 is 17.7 Å². The van der Waals surface area contributed by atoms with E-state index in [4.69, 9.17) is 9.47 Å². The molecule has 1 aromatic carbocycles. The minimum atomic E-state index is -0.929. The number of hydrogen-bond acceptors (Lipinski definition) is 7. The molecule has 2 N–H and O–H groups in total. The number of esters is 2. The lowest BCUT2D eigenvalue weighted by Crippen LogP contribution is -2.43. The highest BCUT2D eigenvalue weighted by molar-refractivity contribution is 6.12. The predicted molar refractivity (Wildman–Crippen MR) is 105 cm³/mol. The van der Waals surface area contributed by atoms with Gasteiger partial charge in [-0.25, -0.2) is 4.79 Å². The number of methoxy groups -OCH3 is 1. The van der Waals surface area contributed by atoms with Crippen molar-refractivity contribution in [2.45, 2.75) is 33.1 Å². The summed E-state index contributed by atoms with van der Waals surface area (Å²) in [5.74, 6) is -3.25. The van der Waals surface area contributed by atoms with E-state index in [0.717, 1.165) is 0 Å². The van der Waals surface area contributed by atoms with Crippen LogP contribution in [0.15, 0.2) is 46.8 Å². The standard InChI is InChI=1S/C22H25NO6/c1-5-29-22(27)17-12(3)23-15-10-11(2)16(21(26)28-4)20(25)19(15)18(17)13-6-8-14(24)9-7-13/h6-9,11,16,18,23-24H,5,10H2,1-4H3/t11-,16-,18+/m0/s1. The van der Waals surface area contributed by atoms with Crippen molar-refractivity contribution in [2.75, 3.05) is 13.7 Å². The zero-order valence-electron chi connectivity index (χ0n) is 16.9. The van der Waals surface area contributed by atoms with Gasteiger partial charge in [0.25, 0.3) is 0 Å². The van der Waals surface area contributed by atoms with Gasteiger partial charge in [-0.3, -0.25) is 9.59 Å². The summed E-state index contributed by atoms with van der Waals surface area (Å²) in [6.07, 6.45) is 0.475. The first-order valence-corrected chi connectivity index (χ1v) is 9.59. The first kappa shape index (κ1) is 20.6. The fourth-order valence-corrected chi connectivity index (χ4v) is 4.16. The molecule has 154 valence electrons. The third kappa shape index (κ3) is 3.64. The van der Waals surface area contributed by atoms with E-state index in [2.05, 4.69) is 5.32 Å². The van der Waals surface area contributed by atoms with Gasteiger partial charge in [0.05, 0.1) is 19.3 Å². The Balaban J connectivity index is 2.18. The van der Waals surface area contributed by atoms with Gasteiger partial charge in [0, 0.05) is 22.9 Å². The second-order valence-electron chi connectivity index (χ2n) is 7.35. The van der Waals surface area contributed by atoms with Gasteiger partial charge in [-0.2, -0.15) is 0 Å². The maximum atomic E-state index is 13.4. The van der Waals surface area contributed by atoms with Crippen LogP contribution in [0.3, 0.4) is 0 Å². The molecule has 3 atom stereocenters. The lowest BCUT2D eigenvalue weighted by molar-refractivity contribution is -0.151. The first-order valence-electron chi connectivity index (χ1n) is 9.59. The van der Waals surface area contributed by atoms with Crippen LogP contribution >= 0.6 is 0 Å². The quantitative estimate of drug-likeness (QED) is 0.593. The number of carbonyl (C=O) groups excluding carboxylic acids is 3. The number of ketones is 1. The van der Waals surface area contributed by atoms with Crippen LogP contribution in [0.25, 0.3) is 0 Å². The van der Waals surface area contributed by atoms with E-state index < -0.39 is 23.8 Å². The topological polar surface area (TPSA) is 102 Å². The molecule has 2 aliphatic rings. The minimum absolute atomic E-state index is 0.0753. The van der Waals surface area contributed by atoms with Crippen LogP contribution in [0.4, 0.5) is 0 Å². The number of nitrogens with one attached hydrogen (secondary N) is 1. The van der Waals surface area contributed by atoms with Crippen molar-refractivity contribution in [1.29, 1.82) is 0 Å². The number of Topliss-reactive ketones (excluding diaryl/α,β-unsaturated/α-hetero) is 1. The Morgan fingerprint density at radius 1 is 1.24 bits per heavy atom. The molecule has 0 fully saturated rings. The molecule has 0 saturated carbocycles. The summed E-state index contributed by atoms with van der Waals surface area (Å²) in [5, 5.41) is 12.9. The zero-order chi connectivity index (χ0) is 21.3. The van der Waals surface area contributed by atoms with Crippen molar-refractivity contribution in [1.82, 2.24) is 5.32 Å². The summed E-state index contributed by atoms with van der Waals surface area (Å²) >= 11 is 0. The maximum absolute atomic E-state index is 13.4. The van der Waals surface area contributed by atoms with Crippen LogP contribution in [0.2, 0.25) is 0 Å². The van der Waals surface area contributed by atoms with E-state index in [0.29, 0.717) is 34.5 Å². The Morgan fingerprint density at radius 2 is 1.90 bits per heavy atom. The first-order chi connectivity index (χ1) is 13.8. The molecule has 7 heteroatoms. The normalized spacial score (nSPS) is 24.0. The summed E-state index contributed by atoms with van der Waals surface area (Å²) < 4.78 is 10.1.